The van der Waals surface area contributed by atoms with Crippen molar-refractivity contribution in [1.29, 1.82) is 0 Å². The van der Waals surface area contributed by atoms with Gasteiger partial charge in [-0.2, -0.15) is 13.2 Å². The standard InChI is InChI=1S/C14H19F3N2O/c1-9(2)13(3,8-18)19-12(20)10-6-4-5-7-11(10)14(15,16)17/h4-7,9H,8,18H2,1-3H3,(H,19,20). The zero-order valence-corrected chi connectivity index (χ0v) is 11.7. The van der Waals surface area contributed by atoms with Crippen LogP contribution in [0.5, 0.6) is 0 Å². The summed E-state index contributed by atoms with van der Waals surface area (Å²) in [6.07, 6.45) is -4.56. The van der Waals surface area contributed by atoms with Crippen LogP contribution in [0.2, 0.25) is 0 Å². The highest BCUT2D eigenvalue weighted by Gasteiger charge is 2.36. The van der Waals surface area contributed by atoms with Gasteiger partial charge in [-0.3, -0.25) is 4.79 Å². The molecule has 0 heterocycles. The van der Waals surface area contributed by atoms with Crippen molar-refractivity contribution < 1.29 is 18.0 Å². The van der Waals surface area contributed by atoms with E-state index >= 15 is 0 Å². The zero-order chi connectivity index (χ0) is 15.6. The first-order valence-corrected chi connectivity index (χ1v) is 6.30. The van der Waals surface area contributed by atoms with Crippen LogP contribution in [0.3, 0.4) is 0 Å². The molecule has 0 aliphatic rings. The minimum atomic E-state index is -4.56. The highest BCUT2D eigenvalue weighted by molar-refractivity contribution is 5.96. The van der Waals surface area contributed by atoms with E-state index in [1.165, 1.54) is 12.1 Å². The van der Waals surface area contributed by atoms with Crippen molar-refractivity contribution in [2.24, 2.45) is 11.7 Å². The fourth-order valence-corrected chi connectivity index (χ4v) is 1.69. The zero-order valence-electron chi connectivity index (χ0n) is 11.7. The van der Waals surface area contributed by atoms with E-state index in [1.54, 1.807) is 6.92 Å². The van der Waals surface area contributed by atoms with Crippen LogP contribution in [0.15, 0.2) is 24.3 Å². The maximum absolute atomic E-state index is 12.9. The molecule has 1 rings (SSSR count). The molecule has 1 aromatic rings. The second-order valence-corrected chi connectivity index (χ2v) is 5.27. The van der Waals surface area contributed by atoms with Gasteiger partial charge in [-0.25, -0.2) is 0 Å². The first kappa shape index (κ1) is 16.5. The first-order valence-electron chi connectivity index (χ1n) is 6.30. The molecule has 6 heteroatoms. The highest BCUT2D eigenvalue weighted by Crippen LogP contribution is 2.32. The van der Waals surface area contributed by atoms with E-state index in [0.717, 1.165) is 12.1 Å². The number of nitrogens with one attached hydrogen (secondary N) is 1. The van der Waals surface area contributed by atoms with E-state index in [0.29, 0.717) is 0 Å². The molecule has 0 aliphatic heterocycles. The van der Waals surface area contributed by atoms with E-state index < -0.39 is 23.2 Å². The fourth-order valence-electron chi connectivity index (χ4n) is 1.69. The molecule has 1 unspecified atom stereocenters. The van der Waals surface area contributed by atoms with Crippen LogP contribution < -0.4 is 11.1 Å². The number of hydrogen-bond donors (Lipinski definition) is 2. The average molecular weight is 288 g/mol. The van der Waals surface area contributed by atoms with Gasteiger partial charge in [0, 0.05) is 6.54 Å². The Morgan fingerprint density at radius 1 is 1.30 bits per heavy atom. The smallest absolute Gasteiger partial charge is 0.345 e. The number of alkyl halides is 3. The number of halogens is 3. The molecule has 0 aliphatic carbocycles. The molecular weight excluding hydrogens is 269 g/mol. The molecule has 1 amide bonds. The Balaban J connectivity index is 3.11. The normalized spacial score (nSPS) is 15.0. The molecule has 1 aromatic carbocycles. The van der Waals surface area contributed by atoms with Crippen LogP contribution in [0.25, 0.3) is 0 Å². The number of carbonyl (C=O) groups is 1. The van der Waals surface area contributed by atoms with Crippen LogP contribution in [0.1, 0.15) is 36.7 Å². The maximum Gasteiger partial charge on any atom is 0.417 e. The second-order valence-electron chi connectivity index (χ2n) is 5.27. The minimum absolute atomic E-state index is 0.00509. The second kappa shape index (κ2) is 5.83. The van der Waals surface area contributed by atoms with E-state index in [9.17, 15) is 18.0 Å². The third kappa shape index (κ3) is 3.50. The largest absolute Gasteiger partial charge is 0.417 e. The number of rotatable bonds is 4. The Morgan fingerprint density at radius 2 is 1.85 bits per heavy atom. The molecule has 0 saturated heterocycles. The maximum atomic E-state index is 12.9. The minimum Gasteiger partial charge on any atom is -0.345 e. The number of nitrogens with two attached hydrogens (primary N) is 1. The molecule has 20 heavy (non-hydrogen) atoms. The third-order valence-corrected chi connectivity index (χ3v) is 3.57. The topological polar surface area (TPSA) is 55.1 Å². The average Bonchev–Trinajstić information content (AvgIpc) is 2.37. The molecular formula is C14H19F3N2O. The van der Waals surface area contributed by atoms with Gasteiger partial charge in [0.05, 0.1) is 16.7 Å². The Labute approximate surface area is 116 Å². The van der Waals surface area contributed by atoms with Crippen LogP contribution in [0.4, 0.5) is 13.2 Å². The molecule has 1 atom stereocenters. The van der Waals surface area contributed by atoms with Crippen molar-refractivity contribution in [2.45, 2.75) is 32.5 Å². The fraction of sp³-hybridized carbons (Fsp3) is 0.500. The summed E-state index contributed by atoms with van der Waals surface area (Å²) in [6.45, 7) is 5.56. The Morgan fingerprint density at radius 3 is 2.30 bits per heavy atom. The molecule has 0 fully saturated rings. The van der Waals surface area contributed by atoms with Crippen molar-refractivity contribution in [3.63, 3.8) is 0 Å². The third-order valence-electron chi connectivity index (χ3n) is 3.57. The first-order chi connectivity index (χ1) is 9.12. The predicted octanol–water partition coefficient (Wildman–Crippen LogP) is 2.81. The number of carbonyl (C=O) groups excluding carboxylic acids is 1. The lowest BCUT2D eigenvalue weighted by Crippen LogP contribution is -2.55. The Hall–Kier alpha value is -1.56. The van der Waals surface area contributed by atoms with Gasteiger partial charge in [0.15, 0.2) is 0 Å². The SMILES string of the molecule is CC(C)C(C)(CN)NC(=O)c1ccccc1C(F)(F)F. The van der Waals surface area contributed by atoms with Gasteiger partial charge in [-0.05, 0) is 25.0 Å². The number of benzene rings is 1. The molecule has 0 radical (unpaired) electrons. The summed E-state index contributed by atoms with van der Waals surface area (Å²) in [7, 11) is 0. The van der Waals surface area contributed by atoms with Crippen LogP contribution in [-0.2, 0) is 6.18 Å². The summed E-state index contributed by atoms with van der Waals surface area (Å²) in [5.74, 6) is -0.769. The predicted molar refractivity (Wildman–Crippen MR) is 71.2 cm³/mol. The molecule has 0 saturated carbocycles. The number of amides is 1. The van der Waals surface area contributed by atoms with E-state index in [1.807, 2.05) is 13.8 Å². The molecule has 3 N–H and O–H groups in total. The van der Waals surface area contributed by atoms with Crippen LogP contribution in [0, 0.1) is 5.92 Å². The van der Waals surface area contributed by atoms with Gasteiger partial charge >= 0.3 is 6.18 Å². The summed E-state index contributed by atoms with van der Waals surface area (Å²) in [4.78, 5) is 12.1. The lowest BCUT2D eigenvalue weighted by molar-refractivity contribution is -0.137. The van der Waals surface area contributed by atoms with Gasteiger partial charge in [0.1, 0.15) is 0 Å². The van der Waals surface area contributed by atoms with Gasteiger partial charge in [0.25, 0.3) is 5.91 Å². The highest BCUT2D eigenvalue weighted by atomic mass is 19.4. The van der Waals surface area contributed by atoms with Crippen molar-refractivity contribution in [3.8, 4) is 0 Å². The molecule has 0 bridgehead atoms. The summed E-state index contributed by atoms with van der Waals surface area (Å²) in [6, 6.07) is 4.71. The van der Waals surface area contributed by atoms with Crippen molar-refractivity contribution in [1.82, 2.24) is 5.32 Å². The summed E-state index contributed by atoms with van der Waals surface area (Å²) >= 11 is 0. The lowest BCUT2D eigenvalue weighted by Gasteiger charge is -2.33. The molecule has 0 spiro atoms. The van der Waals surface area contributed by atoms with Crippen molar-refractivity contribution in [3.05, 3.63) is 35.4 Å². The van der Waals surface area contributed by atoms with Crippen LogP contribution in [-0.4, -0.2) is 18.0 Å². The van der Waals surface area contributed by atoms with E-state index in [2.05, 4.69) is 5.32 Å². The summed E-state index contributed by atoms with van der Waals surface area (Å²) < 4.78 is 38.6. The summed E-state index contributed by atoms with van der Waals surface area (Å²) in [5.41, 5.74) is 3.53. The monoisotopic (exact) mass is 288 g/mol. The van der Waals surface area contributed by atoms with Gasteiger partial charge in [-0.1, -0.05) is 26.0 Å². The van der Waals surface area contributed by atoms with Gasteiger partial charge in [0.2, 0.25) is 0 Å². The van der Waals surface area contributed by atoms with Gasteiger partial charge in [-0.15, -0.1) is 0 Å². The van der Waals surface area contributed by atoms with Crippen LogP contribution >= 0.6 is 0 Å². The van der Waals surface area contributed by atoms with Crippen molar-refractivity contribution in [2.75, 3.05) is 6.54 Å². The van der Waals surface area contributed by atoms with E-state index in [-0.39, 0.29) is 18.0 Å². The number of hydrogen-bond acceptors (Lipinski definition) is 2. The molecule has 112 valence electrons. The Bertz CT molecular complexity index is 486. The Kier molecular flexibility index (Phi) is 4.81. The van der Waals surface area contributed by atoms with Gasteiger partial charge < -0.3 is 11.1 Å². The van der Waals surface area contributed by atoms with E-state index in [4.69, 9.17) is 5.73 Å². The van der Waals surface area contributed by atoms with Crippen molar-refractivity contribution >= 4 is 5.91 Å². The quantitative estimate of drug-likeness (QED) is 0.895. The lowest BCUT2D eigenvalue weighted by atomic mass is 9.88. The molecule has 0 aromatic heterocycles. The molecule has 3 nitrogen and oxygen atoms in total. The summed E-state index contributed by atoms with van der Waals surface area (Å²) in [5, 5.41) is 2.61.